The van der Waals surface area contributed by atoms with E-state index in [-0.39, 0.29) is 11.7 Å². The van der Waals surface area contributed by atoms with Gasteiger partial charge in [0.2, 0.25) is 11.8 Å². The van der Waals surface area contributed by atoms with Gasteiger partial charge in [0.25, 0.3) is 5.91 Å². The fourth-order valence-corrected chi connectivity index (χ4v) is 4.47. The number of amides is 1. The summed E-state index contributed by atoms with van der Waals surface area (Å²) >= 11 is 0. The fraction of sp³-hybridized carbons (Fsp3) is 0.346. The van der Waals surface area contributed by atoms with E-state index in [0.717, 1.165) is 37.2 Å². The van der Waals surface area contributed by atoms with Crippen molar-refractivity contribution in [1.29, 1.82) is 0 Å². The summed E-state index contributed by atoms with van der Waals surface area (Å²) in [5, 5.41) is 0. The van der Waals surface area contributed by atoms with Crippen molar-refractivity contribution in [2.75, 3.05) is 31.6 Å². The molecule has 0 radical (unpaired) electrons. The lowest BCUT2D eigenvalue weighted by atomic mass is 10.0. The first kappa shape index (κ1) is 22.1. The van der Waals surface area contributed by atoms with Crippen LogP contribution in [0.2, 0.25) is 0 Å². The standard InChI is InChI=1S/C26H27FN4O3/c1-17-15-18(9-10-21(17)27)34-24-20-16-31(25(32)19-7-3-4-8-23(19)33-2)14-11-22(20)28-26(29-24)30-12-5-6-13-30/h3-4,7-10,15H,5-6,11-14,16H2,1-2H3. The van der Waals surface area contributed by atoms with Crippen molar-refractivity contribution in [3.05, 3.63) is 70.7 Å². The average Bonchev–Trinajstić information content (AvgIpc) is 3.40. The van der Waals surface area contributed by atoms with Crippen molar-refractivity contribution in [1.82, 2.24) is 14.9 Å². The van der Waals surface area contributed by atoms with Crippen molar-refractivity contribution in [2.45, 2.75) is 32.7 Å². The number of rotatable bonds is 5. The Morgan fingerprint density at radius 3 is 2.62 bits per heavy atom. The molecule has 0 aliphatic carbocycles. The second kappa shape index (κ2) is 9.29. The number of aryl methyl sites for hydroxylation is 1. The highest BCUT2D eigenvalue weighted by Gasteiger charge is 2.30. The molecule has 2 aliphatic rings. The second-order valence-electron chi connectivity index (χ2n) is 8.64. The Labute approximate surface area is 198 Å². The lowest BCUT2D eigenvalue weighted by Gasteiger charge is -2.30. The van der Waals surface area contributed by atoms with E-state index in [9.17, 15) is 9.18 Å². The predicted molar refractivity (Wildman–Crippen MR) is 126 cm³/mol. The topological polar surface area (TPSA) is 67.8 Å². The molecule has 0 atom stereocenters. The van der Waals surface area contributed by atoms with Crippen LogP contribution in [0.5, 0.6) is 17.4 Å². The fourth-order valence-electron chi connectivity index (χ4n) is 4.47. The zero-order valence-corrected chi connectivity index (χ0v) is 19.4. The third-order valence-electron chi connectivity index (χ3n) is 6.37. The molecule has 0 spiro atoms. The van der Waals surface area contributed by atoms with Gasteiger partial charge in [-0.25, -0.2) is 9.37 Å². The smallest absolute Gasteiger partial charge is 0.257 e. The normalized spacial score (nSPS) is 15.3. The number of hydrogen-bond acceptors (Lipinski definition) is 6. The number of ether oxygens (including phenoxy) is 2. The van der Waals surface area contributed by atoms with Crippen molar-refractivity contribution < 1.29 is 18.7 Å². The Balaban J connectivity index is 1.50. The maximum atomic E-state index is 13.8. The lowest BCUT2D eigenvalue weighted by molar-refractivity contribution is 0.0728. The number of methoxy groups -OCH3 is 1. The van der Waals surface area contributed by atoms with Gasteiger partial charge in [-0.15, -0.1) is 0 Å². The molecule has 34 heavy (non-hydrogen) atoms. The van der Waals surface area contributed by atoms with Crippen molar-refractivity contribution in [3.8, 4) is 17.4 Å². The third-order valence-corrected chi connectivity index (χ3v) is 6.37. The maximum absolute atomic E-state index is 13.8. The summed E-state index contributed by atoms with van der Waals surface area (Å²) in [5.41, 5.74) is 2.67. The van der Waals surface area contributed by atoms with Crippen LogP contribution in [0.4, 0.5) is 10.3 Å². The molecular formula is C26H27FN4O3. The molecule has 1 amide bonds. The van der Waals surface area contributed by atoms with Gasteiger partial charge in [-0.1, -0.05) is 12.1 Å². The minimum absolute atomic E-state index is 0.115. The van der Waals surface area contributed by atoms with Gasteiger partial charge in [0.1, 0.15) is 17.3 Å². The molecule has 0 saturated carbocycles. The number of carbonyl (C=O) groups is 1. The van der Waals surface area contributed by atoms with E-state index in [0.29, 0.717) is 54.0 Å². The molecule has 1 fully saturated rings. The largest absolute Gasteiger partial charge is 0.496 e. The van der Waals surface area contributed by atoms with E-state index in [1.165, 1.54) is 6.07 Å². The van der Waals surface area contributed by atoms with Crippen LogP contribution in [0.15, 0.2) is 42.5 Å². The molecule has 3 aromatic rings. The van der Waals surface area contributed by atoms with E-state index in [1.807, 2.05) is 12.1 Å². The van der Waals surface area contributed by atoms with Crippen molar-refractivity contribution in [3.63, 3.8) is 0 Å². The van der Waals surface area contributed by atoms with E-state index in [4.69, 9.17) is 19.4 Å². The molecular weight excluding hydrogens is 435 g/mol. The van der Waals surface area contributed by atoms with E-state index in [2.05, 4.69) is 4.90 Å². The van der Waals surface area contributed by atoms with Gasteiger partial charge in [-0.2, -0.15) is 4.98 Å². The van der Waals surface area contributed by atoms with Crippen LogP contribution in [0.3, 0.4) is 0 Å². The van der Waals surface area contributed by atoms with Gasteiger partial charge >= 0.3 is 0 Å². The Bertz CT molecular complexity index is 1230. The SMILES string of the molecule is COc1ccccc1C(=O)N1CCc2nc(N3CCCC3)nc(Oc3ccc(F)c(C)c3)c2C1. The minimum Gasteiger partial charge on any atom is -0.496 e. The first-order valence-corrected chi connectivity index (χ1v) is 11.5. The van der Waals surface area contributed by atoms with Gasteiger partial charge in [-0.3, -0.25) is 4.79 Å². The molecule has 1 saturated heterocycles. The average molecular weight is 463 g/mol. The zero-order valence-electron chi connectivity index (χ0n) is 19.4. The number of fused-ring (bicyclic) bond motifs is 1. The molecule has 0 N–H and O–H groups in total. The van der Waals surface area contributed by atoms with Crippen LogP contribution in [0.25, 0.3) is 0 Å². The van der Waals surface area contributed by atoms with E-state index in [1.54, 1.807) is 43.2 Å². The Hall–Kier alpha value is -3.68. The summed E-state index contributed by atoms with van der Waals surface area (Å²) < 4.78 is 25.4. The number of carbonyl (C=O) groups excluding carboxylic acids is 1. The summed E-state index contributed by atoms with van der Waals surface area (Å²) in [4.78, 5) is 26.9. The number of anilines is 1. The third kappa shape index (κ3) is 4.27. The second-order valence-corrected chi connectivity index (χ2v) is 8.64. The Morgan fingerprint density at radius 2 is 1.85 bits per heavy atom. The molecule has 2 aliphatic heterocycles. The Morgan fingerprint density at radius 1 is 1.06 bits per heavy atom. The number of nitrogens with zero attached hydrogens (tertiary/aromatic N) is 4. The number of hydrogen-bond donors (Lipinski definition) is 0. The molecule has 0 unspecified atom stereocenters. The van der Waals surface area contributed by atoms with Gasteiger partial charge in [0.15, 0.2) is 0 Å². The number of aromatic nitrogens is 2. The Kier molecular flexibility index (Phi) is 6.04. The summed E-state index contributed by atoms with van der Waals surface area (Å²) in [7, 11) is 1.56. The summed E-state index contributed by atoms with van der Waals surface area (Å²) in [6.45, 7) is 4.37. The number of para-hydroxylation sites is 1. The van der Waals surface area contributed by atoms with Crippen LogP contribution >= 0.6 is 0 Å². The molecule has 8 heteroatoms. The van der Waals surface area contributed by atoms with E-state index >= 15 is 0 Å². The van der Waals surface area contributed by atoms with Crippen LogP contribution in [0.1, 0.15) is 40.0 Å². The molecule has 2 aromatic carbocycles. The summed E-state index contributed by atoms with van der Waals surface area (Å²) in [5.74, 6) is 1.70. The molecule has 1 aromatic heterocycles. The molecule has 176 valence electrons. The zero-order chi connectivity index (χ0) is 23.7. The summed E-state index contributed by atoms with van der Waals surface area (Å²) in [6.07, 6.45) is 2.81. The maximum Gasteiger partial charge on any atom is 0.257 e. The van der Waals surface area contributed by atoms with Crippen LogP contribution in [-0.4, -0.2) is 47.5 Å². The van der Waals surface area contributed by atoms with Gasteiger partial charge in [0.05, 0.1) is 30.5 Å². The molecule has 3 heterocycles. The predicted octanol–water partition coefficient (Wildman–Crippen LogP) is 4.52. The van der Waals surface area contributed by atoms with Gasteiger partial charge in [0, 0.05) is 26.1 Å². The monoisotopic (exact) mass is 462 g/mol. The van der Waals surface area contributed by atoms with Crippen molar-refractivity contribution >= 4 is 11.9 Å². The van der Waals surface area contributed by atoms with E-state index < -0.39 is 0 Å². The highest BCUT2D eigenvalue weighted by atomic mass is 19.1. The highest BCUT2D eigenvalue weighted by molar-refractivity contribution is 5.97. The summed E-state index contributed by atoms with van der Waals surface area (Å²) in [6, 6.07) is 11.8. The quantitative estimate of drug-likeness (QED) is 0.555. The number of benzene rings is 2. The van der Waals surface area contributed by atoms with Gasteiger partial charge < -0.3 is 19.3 Å². The van der Waals surface area contributed by atoms with Crippen LogP contribution in [-0.2, 0) is 13.0 Å². The van der Waals surface area contributed by atoms with Crippen LogP contribution < -0.4 is 14.4 Å². The van der Waals surface area contributed by atoms with Crippen molar-refractivity contribution in [2.24, 2.45) is 0 Å². The molecule has 5 rings (SSSR count). The van der Waals surface area contributed by atoms with Gasteiger partial charge in [-0.05, 0) is 55.7 Å². The minimum atomic E-state index is -0.289. The first-order valence-electron chi connectivity index (χ1n) is 11.5. The van der Waals surface area contributed by atoms with Crippen LogP contribution in [0, 0.1) is 12.7 Å². The number of halogens is 1. The lowest BCUT2D eigenvalue weighted by Crippen LogP contribution is -2.37. The molecule has 0 bridgehead atoms. The molecule has 7 nitrogen and oxygen atoms in total. The highest BCUT2D eigenvalue weighted by Crippen LogP contribution is 2.33. The first-order chi connectivity index (χ1) is 16.5.